The zero-order valence-corrected chi connectivity index (χ0v) is 18.2. The standard InChI is InChI=1S/C23H18F4N4OS/c1-14-7-8-17(11-18(14)24)29-20(32)12-31-21-19(6-3-9-28-21)30-22(31)33-13-15-4-2-5-16(10-15)23(25,26)27/h2-11H,12-13H2,1H3,(H,29,32). The molecule has 2 aromatic carbocycles. The Morgan fingerprint density at radius 1 is 1.12 bits per heavy atom. The molecular formula is C23H18F4N4OS. The predicted octanol–water partition coefficient (Wildman–Crippen LogP) is 5.83. The first-order valence-electron chi connectivity index (χ1n) is 9.87. The first kappa shape index (κ1) is 22.8. The number of aryl methyl sites for hydroxylation is 1. The molecule has 0 saturated carbocycles. The Morgan fingerprint density at radius 3 is 2.70 bits per heavy atom. The molecule has 4 aromatic rings. The van der Waals surface area contributed by atoms with Gasteiger partial charge in [0.15, 0.2) is 10.8 Å². The maximum Gasteiger partial charge on any atom is 0.416 e. The van der Waals surface area contributed by atoms with Crippen molar-refractivity contribution in [2.24, 2.45) is 0 Å². The number of halogens is 4. The van der Waals surface area contributed by atoms with Crippen molar-refractivity contribution in [2.75, 3.05) is 5.32 Å². The number of imidazole rings is 1. The van der Waals surface area contributed by atoms with Gasteiger partial charge in [-0.2, -0.15) is 13.2 Å². The largest absolute Gasteiger partial charge is 0.416 e. The van der Waals surface area contributed by atoms with E-state index in [-0.39, 0.29) is 12.3 Å². The van der Waals surface area contributed by atoms with Crippen LogP contribution in [0.2, 0.25) is 0 Å². The number of anilines is 1. The molecule has 0 radical (unpaired) electrons. The number of alkyl halides is 3. The number of fused-ring (bicyclic) bond motifs is 1. The van der Waals surface area contributed by atoms with Gasteiger partial charge in [-0.1, -0.05) is 36.0 Å². The third-order valence-electron chi connectivity index (χ3n) is 4.85. The zero-order chi connectivity index (χ0) is 23.6. The maximum atomic E-state index is 13.8. The topological polar surface area (TPSA) is 59.8 Å². The number of nitrogens with one attached hydrogen (secondary N) is 1. The van der Waals surface area contributed by atoms with Crippen molar-refractivity contribution in [3.8, 4) is 0 Å². The molecule has 1 N–H and O–H groups in total. The first-order chi connectivity index (χ1) is 15.7. The number of carbonyl (C=O) groups is 1. The number of amides is 1. The van der Waals surface area contributed by atoms with Gasteiger partial charge in [-0.25, -0.2) is 14.4 Å². The first-order valence-corrected chi connectivity index (χ1v) is 10.9. The fraction of sp³-hybridized carbons (Fsp3) is 0.174. The second-order valence-corrected chi connectivity index (χ2v) is 8.27. The van der Waals surface area contributed by atoms with Crippen LogP contribution in [0, 0.1) is 12.7 Å². The van der Waals surface area contributed by atoms with Gasteiger partial charge in [-0.05, 0) is 48.4 Å². The van der Waals surface area contributed by atoms with E-state index in [1.807, 2.05) is 0 Å². The molecular weight excluding hydrogens is 456 g/mol. The average Bonchev–Trinajstić information content (AvgIpc) is 3.12. The van der Waals surface area contributed by atoms with E-state index in [9.17, 15) is 22.4 Å². The number of hydrogen-bond donors (Lipinski definition) is 1. The van der Waals surface area contributed by atoms with Crippen LogP contribution < -0.4 is 5.32 Å². The van der Waals surface area contributed by atoms with Crippen LogP contribution in [0.4, 0.5) is 23.2 Å². The van der Waals surface area contributed by atoms with E-state index in [1.54, 1.807) is 48.0 Å². The van der Waals surface area contributed by atoms with Gasteiger partial charge >= 0.3 is 6.18 Å². The summed E-state index contributed by atoms with van der Waals surface area (Å²) in [6, 6.07) is 12.9. The number of carbonyl (C=O) groups excluding carboxylic acids is 1. The Labute approximate surface area is 190 Å². The summed E-state index contributed by atoms with van der Waals surface area (Å²) in [6.45, 7) is 1.48. The van der Waals surface area contributed by atoms with Gasteiger partial charge in [-0.15, -0.1) is 0 Å². The molecule has 0 unspecified atom stereocenters. The highest BCUT2D eigenvalue weighted by atomic mass is 32.2. The van der Waals surface area contributed by atoms with Crippen LogP contribution in [0.15, 0.2) is 66.0 Å². The van der Waals surface area contributed by atoms with Crippen molar-refractivity contribution in [1.29, 1.82) is 0 Å². The summed E-state index contributed by atoms with van der Waals surface area (Å²) < 4.78 is 54.4. The third-order valence-corrected chi connectivity index (χ3v) is 5.90. The van der Waals surface area contributed by atoms with Crippen LogP contribution in [0.5, 0.6) is 0 Å². The van der Waals surface area contributed by atoms with Gasteiger partial charge in [0.25, 0.3) is 0 Å². The molecule has 10 heteroatoms. The predicted molar refractivity (Wildman–Crippen MR) is 118 cm³/mol. The van der Waals surface area contributed by atoms with Crippen molar-refractivity contribution in [3.63, 3.8) is 0 Å². The minimum Gasteiger partial charge on any atom is -0.324 e. The van der Waals surface area contributed by atoms with E-state index in [1.165, 1.54) is 23.9 Å². The van der Waals surface area contributed by atoms with Crippen molar-refractivity contribution in [2.45, 2.75) is 30.6 Å². The Balaban J connectivity index is 1.55. The SMILES string of the molecule is Cc1ccc(NC(=O)Cn2c(SCc3cccc(C(F)(F)F)c3)nc3cccnc32)cc1F. The zero-order valence-electron chi connectivity index (χ0n) is 17.4. The fourth-order valence-electron chi connectivity index (χ4n) is 3.19. The summed E-state index contributed by atoms with van der Waals surface area (Å²) in [4.78, 5) is 21.4. The van der Waals surface area contributed by atoms with E-state index in [0.29, 0.717) is 33.1 Å². The van der Waals surface area contributed by atoms with Gasteiger partial charge < -0.3 is 5.32 Å². The highest BCUT2D eigenvalue weighted by molar-refractivity contribution is 7.98. The molecule has 33 heavy (non-hydrogen) atoms. The Morgan fingerprint density at radius 2 is 1.94 bits per heavy atom. The highest BCUT2D eigenvalue weighted by Crippen LogP contribution is 2.31. The van der Waals surface area contributed by atoms with E-state index in [0.717, 1.165) is 12.1 Å². The molecule has 0 saturated heterocycles. The molecule has 4 rings (SSSR count). The van der Waals surface area contributed by atoms with E-state index in [4.69, 9.17) is 0 Å². The summed E-state index contributed by atoms with van der Waals surface area (Å²) in [5, 5.41) is 3.08. The maximum absolute atomic E-state index is 13.8. The van der Waals surface area contributed by atoms with Gasteiger partial charge in [0.05, 0.1) is 5.56 Å². The lowest BCUT2D eigenvalue weighted by molar-refractivity contribution is -0.137. The summed E-state index contributed by atoms with van der Waals surface area (Å²) in [7, 11) is 0. The summed E-state index contributed by atoms with van der Waals surface area (Å²) >= 11 is 1.20. The lowest BCUT2D eigenvalue weighted by atomic mass is 10.1. The fourth-order valence-corrected chi connectivity index (χ4v) is 4.14. The average molecular weight is 474 g/mol. The van der Waals surface area contributed by atoms with Gasteiger partial charge in [0.2, 0.25) is 5.91 Å². The molecule has 170 valence electrons. The van der Waals surface area contributed by atoms with E-state index >= 15 is 0 Å². The van der Waals surface area contributed by atoms with Crippen molar-refractivity contribution >= 4 is 34.5 Å². The van der Waals surface area contributed by atoms with Crippen LogP contribution in [0.25, 0.3) is 11.2 Å². The number of benzene rings is 2. The molecule has 0 aliphatic heterocycles. The number of hydrogen-bond acceptors (Lipinski definition) is 4. The van der Waals surface area contributed by atoms with Gasteiger partial charge in [0.1, 0.15) is 17.9 Å². The Hall–Kier alpha value is -3.40. The quantitative estimate of drug-likeness (QED) is 0.282. The van der Waals surface area contributed by atoms with Crippen molar-refractivity contribution in [3.05, 3.63) is 83.3 Å². The minimum absolute atomic E-state index is 0.145. The van der Waals surface area contributed by atoms with Crippen LogP contribution >= 0.6 is 11.8 Å². The molecule has 0 aliphatic rings. The second-order valence-electron chi connectivity index (χ2n) is 7.33. The molecule has 2 aromatic heterocycles. The molecule has 1 amide bonds. The Bertz CT molecular complexity index is 1320. The van der Waals surface area contributed by atoms with Crippen LogP contribution in [-0.4, -0.2) is 20.4 Å². The lowest BCUT2D eigenvalue weighted by Crippen LogP contribution is -2.19. The minimum atomic E-state index is -4.43. The van der Waals surface area contributed by atoms with Crippen LogP contribution in [-0.2, 0) is 23.3 Å². The van der Waals surface area contributed by atoms with E-state index < -0.39 is 23.5 Å². The number of aromatic nitrogens is 3. The van der Waals surface area contributed by atoms with Crippen LogP contribution in [0.3, 0.4) is 0 Å². The summed E-state index contributed by atoms with van der Waals surface area (Å²) in [6.07, 6.45) is -2.86. The number of rotatable bonds is 6. The molecule has 5 nitrogen and oxygen atoms in total. The number of nitrogens with zero attached hydrogens (tertiary/aromatic N) is 3. The number of pyridine rings is 1. The van der Waals surface area contributed by atoms with Gasteiger partial charge in [0, 0.05) is 17.6 Å². The summed E-state index contributed by atoms with van der Waals surface area (Å²) in [5.41, 5.74) is 1.55. The van der Waals surface area contributed by atoms with Crippen molar-refractivity contribution < 1.29 is 22.4 Å². The van der Waals surface area contributed by atoms with Crippen molar-refractivity contribution in [1.82, 2.24) is 14.5 Å². The molecule has 0 atom stereocenters. The molecule has 0 fully saturated rings. The normalized spacial score (nSPS) is 11.7. The molecule has 2 heterocycles. The smallest absolute Gasteiger partial charge is 0.324 e. The van der Waals surface area contributed by atoms with E-state index in [2.05, 4.69) is 15.3 Å². The van der Waals surface area contributed by atoms with Crippen LogP contribution in [0.1, 0.15) is 16.7 Å². The summed E-state index contributed by atoms with van der Waals surface area (Å²) in [5.74, 6) is -0.623. The molecule has 0 bridgehead atoms. The van der Waals surface area contributed by atoms with Gasteiger partial charge in [-0.3, -0.25) is 9.36 Å². The lowest BCUT2D eigenvalue weighted by Gasteiger charge is -2.11. The second kappa shape index (κ2) is 9.22. The highest BCUT2D eigenvalue weighted by Gasteiger charge is 2.30. The monoisotopic (exact) mass is 474 g/mol. The molecule has 0 spiro atoms. The third kappa shape index (κ3) is 5.33. The molecule has 0 aliphatic carbocycles. The number of thioether (sulfide) groups is 1. The Kier molecular flexibility index (Phi) is 6.37.